The first-order valence-electron chi connectivity index (χ1n) is 6.72. The van der Waals surface area contributed by atoms with Crippen LogP contribution in [0.5, 0.6) is 11.5 Å². The maximum absolute atomic E-state index is 9.54. The number of carbonyl (C=O) groups excluding carboxylic acids is 1. The quantitative estimate of drug-likeness (QED) is 0.833. The van der Waals surface area contributed by atoms with Gasteiger partial charge in [0.2, 0.25) is 6.41 Å². The summed E-state index contributed by atoms with van der Waals surface area (Å²) in [6.45, 7) is 3.84. The van der Waals surface area contributed by atoms with Gasteiger partial charge in [0.25, 0.3) is 0 Å². The van der Waals surface area contributed by atoms with Crippen LogP contribution in [0, 0.1) is 13.8 Å². The van der Waals surface area contributed by atoms with Crippen molar-refractivity contribution in [2.75, 3.05) is 6.54 Å². The monoisotopic (exact) mass is 301 g/mol. The van der Waals surface area contributed by atoms with Crippen molar-refractivity contribution >= 4 is 12.4 Å². The zero-order valence-electron chi connectivity index (χ0n) is 12.6. The fourth-order valence-electron chi connectivity index (χ4n) is 1.66. The Morgan fingerprint density at radius 1 is 1.18 bits per heavy atom. The maximum Gasteiger partial charge on any atom is 0.322 e. The SMILES string of the molecule is Cc1ccc(Oc2ccccc2)c(C)c1.O=CNCC(=O)O. The molecule has 0 aliphatic heterocycles. The molecule has 5 heteroatoms. The fraction of sp³-hybridized carbons (Fsp3) is 0.176. The molecule has 1 amide bonds. The lowest BCUT2D eigenvalue weighted by Gasteiger charge is -2.08. The number of carbonyl (C=O) groups is 2. The Morgan fingerprint density at radius 2 is 1.86 bits per heavy atom. The molecule has 0 saturated carbocycles. The number of carboxylic acids is 1. The van der Waals surface area contributed by atoms with Crippen LogP contribution in [-0.2, 0) is 9.59 Å². The summed E-state index contributed by atoms with van der Waals surface area (Å²) in [4.78, 5) is 18.9. The Bertz CT molecular complexity index is 611. The third-order valence-electron chi connectivity index (χ3n) is 2.64. The molecule has 22 heavy (non-hydrogen) atoms. The molecule has 0 spiro atoms. The van der Waals surface area contributed by atoms with Gasteiger partial charge in [0.1, 0.15) is 18.0 Å². The van der Waals surface area contributed by atoms with Gasteiger partial charge in [0.15, 0.2) is 0 Å². The minimum absolute atomic E-state index is 0.302. The van der Waals surface area contributed by atoms with Gasteiger partial charge in [-0.2, -0.15) is 0 Å². The van der Waals surface area contributed by atoms with E-state index < -0.39 is 5.97 Å². The number of benzene rings is 2. The van der Waals surface area contributed by atoms with E-state index in [1.54, 1.807) is 0 Å². The van der Waals surface area contributed by atoms with Crippen molar-refractivity contribution in [1.29, 1.82) is 0 Å². The van der Waals surface area contributed by atoms with Gasteiger partial charge in [-0.1, -0.05) is 35.9 Å². The van der Waals surface area contributed by atoms with E-state index in [1.165, 1.54) is 11.1 Å². The van der Waals surface area contributed by atoms with Gasteiger partial charge in [0.05, 0.1) is 0 Å². The lowest BCUT2D eigenvalue weighted by molar-refractivity contribution is -0.136. The number of nitrogens with one attached hydrogen (secondary N) is 1. The summed E-state index contributed by atoms with van der Waals surface area (Å²) in [5.74, 6) is 0.767. The van der Waals surface area contributed by atoms with Crippen molar-refractivity contribution in [3.8, 4) is 11.5 Å². The molecule has 0 bridgehead atoms. The number of amides is 1. The van der Waals surface area contributed by atoms with Gasteiger partial charge in [-0.15, -0.1) is 0 Å². The molecule has 0 aliphatic rings. The van der Waals surface area contributed by atoms with Crippen molar-refractivity contribution < 1.29 is 19.4 Å². The first-order chi connectivity index (χ1) is 10.5. The minimum atomic E-state index is -1.04. The molecule has 2 rings (SSSR count). The van der Waals surface area contributed by atoms with Gasteiger partial charge in [-0.3, -0.25) is 9.59 Å². The number of carboxylic acid groups (broad SMARTS) is 1. The molecule has 0 aliphatic carbocycles. The predicted molar refractivity (Wildman–Crippen MR) is 84.1 cm³/mol. The first-order valence-corrected chi connectivity index (χ1v) is 6.72. The third kappa shape index (κ3) is 6.56. The van der Waals surface area contributed by atoms with Crippen molar-refractivity contribution in [2.24, 2.45) is 0 Å². The molecule has 0 unspecified atom stereocenters. The number of aliphatic carboxylic acids is 1. The zero-order valence-corrected chi connectivity index (χ0v) is 12.6. The second-order valence-electron chi connectivity index (χ2n) is 4.58. The topological polar surface area (TPSA) is 75.6 Å². The molecular weight excluding hydrogens is 282 g/mol. The molecule has 0 radical (unpaired) electrons. The van der Waals surface area contributed by atoms with Crippen LogP contribution >= 0.6 is 0 Å². The van der Waals surface area contributed by atoms with Gasteiger partial charge >= 0.3 is 5.97 Å². The summed E-state index contributed by atoms with van der Waals surface area (Å²) in [6, 6.07) is 16.0. The molecule has 116 valence electrons. The Balaban J connectivity index is 0.000000295. The summed E-state index contributed by atoms with van der Waals surface area (Å²) < 4.78 is 5.76. The summed E-state index contributed by atoms with van der Waals surface area (Å²) in [5, 5.41) is 9.79. The average molecular weight is 301 g/mol. The van der Waals surface area contributed by atoms with E-state index in [0.717, 1.165) is 11.5 Å². The zero-order chi connectivity index (χ0) is 16.4. The van der Waals surface area contributed by atoms with E-state index in [4.69, 9.17) is 9.84 Å². The van der Waals surface area contributed by atoms with Crippen LogP contribution in [0.4, 0.5) is 0 Å². The number of hydrogen-bond acceptors (Lipinski definition) is 3. The second kappa shape index (κ2) is 9.18. The standard InChI is InChI=1S/C14H14O.C3H5NO3/c1-11-8-9-14(12(2)10-11)15-13-6-4-3-5-7-13;5-2-4-1-3(6)7/h3-10H,1-2H3;2H,1H2,(H,4,5)(H,6,7). The first kappa shape index (κ1) is 17.2. The van der Waals surface area contributed by atoms with Crippen LogP contribution in [0.1, 0.15) is 11.1 Å². The smallest absolute Gasteiger partial charge is 0.322 e. The number of rotatable bonds is 5. The molecule has 0 saturated heterocycles. The normalized spacial score (nSPS) is 9.18. The van der Waals surface area contributed by atoms with E-state index >= 15 is 0 Å². The summed E-state index contributed by atoms with van der Waals surface area (Å²) in [7, 11) is 0. The number of hydrogen-bond donors (Lipinski definition) is 2. The van der Waals surface area contributed by atoms with E-state index in [-0.39, 0.29) is 6.54 Å². The lowest BCUT2D eigenvalue weighted by atomic mass is 10.1. The van der Waals surface area contributed by atoms with Crippen LogP contribution in [0.25, 0.3) is 0 Å². The Kier molecular flexibility index (Phi) is 7.19. The molecule has 5 nitrogen and oxygen atoms in total. The Morgan fingerprint density at radius 3 is 2.36 bits per heavy atom. The molecule has 0 aromatic heterocycles. The average Bonchev–Trinajstić information content (AvgIpc) is 2.50. The number of aryl methyl sites for hydroxylation is 2. The number of ether oxygens (including phenoxy) is 1. The lowest BCUT2D eigenvalue weighted by Crippen LogP contribution is -2.20. The molecule has 0 heterocycles. The highest BCUT2D eigenvalue weighted by Crippen LogP contribution is 2.25. The highest BCUT2D eigenvalue weighted by atomic mass is 16.5. The summed E-state index contributed by atoms with van der Waals surface area (Å²) in [6.07, 6.45) is 0.341. The van der Waals surface area contributed by atoms with Crippen LogP contribution in [-0.4, -0.2) is 24.0 Å². The molecule has 0 fully saturated rings. The molecule has 2 aromatic rings. The summed E-state index contributed by atoms with van der Waals surface area (Å²) >= 11 is 0. The van der Waals surface area contributed by atoms with Crippen molar-refractivity contribution in [3.63, 3.8) is 0 Å². The fourth-order valence-corrected chi connectivity index (χ4v) is 1.66. The highest BCUT2D eigenvalue weighted by Gasteiger charge is 2.00. The number of para-hydroxylation sites is 1. The van der Waals surface area contributed by atoms with Gasteiger partial charge in [0, 0.05) is 0 Å². The van der Waals surface area contributed by atoms with Gasteiger partial charge in [-0.05, 0) is 37.6 Å². The van der Waals surface area contributed by atoms with E-state index in [0.29, 0.717) is 6.41 Å². The predicted octanol–water partition coefficient (Wildman–Crippen LogP) is 2.91. The Hall–Kier alpha value is -2.82. The van der Waals surface area contributed by atoms with Crippen molar-refractivity contribution in [3.05, 3.63) is 59.7 Å². The largest absolute Gasteiger partial charge is 0.480 e. The third-order valence-corrected chi connectivity index (χ3v) is 2.64. The Labute approximate surface area is 129 Å². The summed E-state index contributed by atoms with van der Waals surface area (Å²) in [5.41, 5.74) is 2.42. The van der Waals surface area contributed by atoms with Crippen LogP contribution in [0.2, 0.25) is 0 Å². The second-order valence-corrected chi connectivity index (χ2v) is 4.58. The highest BCUT2D eigenvalue weighted by molar-refractivity contribution is 5.71. The minimum Gasteiger partial charge on any atom is -0.480 e. The van der Waals surface area contributed by atoms with Gasteiger partial charge < -0.3 is 15.2 Å². The molecule has 0 atom stereocenters. The molecule has 2 N–H and O–H groups in total. The van der Waals surface area contributed by atoms with Crippen LogP contribution in [0.3, 0.4) is 0 Å². The molecular formula is C17H19NO4. The van der Waals surface area contributed by atoms with Crippen LogP contribution in [0.15, 0.2) is 48.5 Å². The van der Waals surface area contributed by atoms with E-state index in [2.05, 4.69) is 26.0 Å². The van der Waals surface area contributed by atoms with E-state index in [1.807, 2.05) is 41.7 Å². The van der Waals surface area contributed by atoms with Crippen LogP contribution < -0.4 is 10.1 Å². The maximum atomic E-state index is 9.54. The molecule has 2 aromatic carbocycles. The van der Waals surface area contributed by atoms with Crippen molar-refractivity contribution in [2.45, 2.75) is 13.8 Å². The van der Waals surface area contributed by atoms with Crippen molar-refractivity contribution in [1.82, 2.24) is 5.32 Å². The van der Waals surface area contributed by atoms with E-state index in [9.17, 15) is 9.59 Å². The van der Waals surface area contributed by atoms with Gasteiger partial charge in [-0.25, -0.2) is 0 Å².